The lowest BCUT2D eigenvalue weighted by Gasteiger charge is -2.13. The van der Waals surface area contributed by atoms with Crippen LogP contribution in [0.25, 0.3) is 95.0 Å². The molecule has 0 unspecified atom stereocenters. The zero-order chi connectivity index (χ0) is 40.0. The highest BCUT2D eigenvalue weighted by molar-refractivity contribution is 6.16. The van der Waals surface area contributed by atoms with Crippen molar-refractivity contribution in [3.63, 3.8) is 0 Å². The number of hydrogen-bond acceptors (Lipinski definition) is 3. The molecule has 0 amide bonds. The summed E-state index contributed by atoms with van der Waals surface area (Å²) in [4.78, 5) is 14.9. The third kappa shape index (κ3) is 5.96. The number of rotatable bonds is 7. The molecule has 0 fully saturated rings. The summed E-state index contributed by atoms with van der Waals surface area (Å²) in [5.74, 6) is 1.62. The summed E-state index contributed by atoms with van der Waals surface area (Å²) in [6.07, 6.45) is 0. The third-order valence-corrected chi connectivity index (χ3v) is 10.0. The average molecular weight is 707 g/mol. The van der Waals surface area contributed by atoms with Gasteiger partial charge in [0.25, 0.3) is 0 Å². The molecule has 0 spiro atoms. The van der Waals surface area contributed by atoms with Crippen molar-refractivity contribution in [1.29, 1.82) is 0 Å². The first-order valence-corrected chi connectivity index (χ1v) is 18.2. The van der Waals surface area contributed by atoms with Crippen LogP contribution in [0.1, 0.15) is 5.48 Å². The highest BCUT2D eigenvalue weighted by Gasteiger charge is 2.19. The van der Waals surface area contributed by atoms with E-state index in [2.05, 4.69) is 48.5 Å². The van der Waals surface area contributed by atoms with Crippen LogP contribution in [-0.2, 0) is 0 Å². The van der Waals surface area contributed by atoms with Crippen LogP contribution in [0.5, 0.6) is 0 Å². The van der Waals surface area contributed by atoms with E-state index in [4.69, 9.17) is 17.7 Å². The Morgan fingerprint density at radius 2 is 0.873 bits per heavy atom. The van der Waals surface area contributed by atoms with Gasteiger partial charge < -0.3 is 4.57 Å². The van der Waals surface area contributed by atoms with E-state index < -0.39 is 0 Å². The largest absolute Gasteiger partial charge is 0.309 e. The molecule has 4 heteroatoms. The molecule has 55 heavy (non-hydrogen) atoms. The number of fused-ring (bicyclic) bond motifs is 3. The SMILES string of the molecule is [2H]c1c([2H])c([2H])c2c(c1[2H])c1c(-c3ccccc3-c3ccccc3)cccc1n2-c1ccc(-c2nc(-c3ccccc3)nc(-c3cccc(-c4ccccc4)c3)n2)cc1. The molecular formula is C51H34N4. The topological polar surface area (TPSA) is 43.6 Å². The van der Waals surface area contributed by atoms with Crippen molar-refractivity contribution in [2.75, 3.05) is 0 Å². The van der Waals surface area contributed by atoms with Crippen molar-refractivity contribution in [2.45, 2.75) is 0 Å². The molecule has 0 aliphatic rings. The van der Waals surface area contributed by atoms with E-state index in [9.17, 15) is 2.74 Å². The lowest BCUT2D eigenvalue weighted by Crippen LogP contribution is -2.00. The van der Waals surface area contributed by atoms with Gasteiger partial charge in [-0.1, -0.05) is 164 Å². The van der Waals surface area contributed by atoms with Crippen molar-refractivity contribution >= 4 is 21.8 Å². The van der Waals surface area contributed by atoms with Gasteiger partial charge in [0.1, 0.15) is 0 Å². The van der Waals surface area contributed by atoms with Crippen molar-refractivity contribution in [3.8, 4) is 73.2 Å². The maximum Gasteiger partial charge on any atom is 0.164 e. The van der Waals surface area contributed by atoms with Crippen LogP contribution >= 0.6 is 0 Å². The van der Waals surface area contributed by atoms with E-state index in [0.29, 0.717) is 28.4 Å². The van der Waals surface area contributed by atoms with Crippen molar-refractivity contribution in [1.82, 2.24) is 19.5 Å². The van der Waals surface area contributed by atoms with E-state index in [-0.39, 0.29) is 24.2 Å². The molecule has 0 aliphatic heterocycles. The Bertz CT molecular complexity index is 3190. The van der Waals surface area contributed by atoms with Gasteiger partial charge in [-0.15, -0.1) is 0 Å². The van der Waals surface area contributed by atoms with E-state index in [1.165, 1.54) is 0 Å². The Balaban J connectivity index is 1.15. The van der Waals surface area contributed by atoms with Gasteiger partial charge in [-0.2, -0.15) is 0 Å². The van der Waals surface area contributed by atoms with E-state index in [1.807, 2.05) is 138 Å². The summed E-state index contributed by atoms with van der Waals surface area (Å²) >= 11 is 0. The first-order valence-electron chi connectivity index (χ1n) is 20.2. The first kappa shape index (κ1) is 28.1. The molecule has 0 atom stereocenters. The Morgan fingerprint density at radius 3 is 1.58 bits per heavy atom. The van der Waals surface area contributed by atoms with Crippen molar-refractivity contribution < 1.29 is 5.48 Å². The predicted octanol–water partition coefficient (Wildman–Crippen LogP) is 13.0. The van der Waals surface area contributed by atoms with Gasteiger partial charge >= 0.3 is 0 Å². The molecule has 10 rings (SSSR count). The molecule has 258 valence electrons. The highest BCUT2D eigenvalue weighted by atomic mass is 15.0. The Hall–Kier alpha value is -7.43. The smallest absolute Gasteiger partial charge is 0.164 e. The molecule has 4 nitrogen and oxygen atoms in total. The Labute approximate surface area is 325 Å². The number of benzene rings is 8. The monoisotopic (exact) mass is 706 g/mol. The summed E-state index contributed by atoms with van der Waals surface area (Å²) < 4.78 is 37.8. The summed E-state index contributed by atoms with van der Waals surface area (Å²) in [5, 5.41) is 1.23. The van der Waals surface area contributed by atoms with E-state index >= 15 is 0 Å². The van der Waals surface area contributed by atoms with Gasteiger partial charge in [-0.25, -0.2) is 15.0 Å². The van der Waals surface area contributed by atoms with Crippen LogP contribution in [0.3, 0.4) is 0 Å². The molecule has 2 heterocycles. The maximum atomic E-state index is 9.22. The standard InChI is InChI=1S/C51H34N4/c1-4-16-35(17-5-1)39-22-14-23-40(34-39)51-53-49(37-20-8-3-9-21-37)52-50(54-51)38-30-32-41(33-31-38)55-46-28-13-12-26-45(46)48-44(27-15-29-47(48)55)43-25-11-10-24-42(43)36-18-6-2-7-19-36/h1-34H/i12D,13D,26D,28D. The fourth-order valence-corrected chi connectivity index (χ4v) is 7.42. The second-order valence-electron chi connectivity index (χ2n) is 13.3. The second kappa shape index (κ2) is 13.8. The quantitative estimate of drug-likeness (QED) is 0.166. The molecule has 0 N–H and O–H groups in total. The summed E-state index contributed by atoms with van der Waals surface area (Å²) in [6.45, 7) is 0. The lowest BCUT2D eigenvalue weighted by atomic mass is 9.92. The number of aromatic nitrogens is 4. The average Bonchev–Trinajstić information content (AvgIpc) is 3.67. The summed E-state index contributed by atoms with van der Waals surface area (Å²) in [6, 6.07) is 59.8. The fraction of sp³-hybridized carbons (Fsp3) is 0. The molecule has 0 saturated carbocycles. The fourth-order valence-electron chi connectivity index (χ4n) is 7.42. The minimum Gasteiger partial charge on any atom is -0.309 e. The maximum absolute atomic E-state index is 9.22. The molecule has 10 aromatic rings. The van der Waals surface area contributed by atoms with Crippen LogP contribution in [-0.4, -0.2) is 19.5 Å². The third-order valence-electron chi connectivity index (χ3n) is 10.0. The van der Waals surface area contributed by atoms with Gasteiger partial charge in [0, 0.05) is 33.2 Å². The van der Waals surface area contributed by atoms with E-state index in [0.717, 1.165) is 66.7 Å². The van der Waals surface area contributed by atoms with Gasteiger partial charge in [-0.05, 0) is 75.8 Å². The number of hydrogen-bond donors (Lipinski definition) is 0. The minimum absolute atomic E-state index is 0.0755. The summed E-state index contributed by atoms with van der Waals surface area (Å²) in [5.41, 5.74) is 10.5. The number of para-hydroxylation sites is 1. The molecule has 0 saturated heterocycles. The normalized spacial score (nSPS) is 12.3. The molecule has 0 radical (unpaired) electrons. The van der Waals surface area contributed by atoms with Crippen molar-refractivity contribution in [2.24, 2.45) is 0 Å². The molecule has 2 aromatic heterocycles. The second-order valence-corrected chi connectivity index (χ2v) is 13.3. The molecule has 0 bridgehead atoms. The van der Waals surface area contributed by atoms with Gasteiger partial charge in [0.2, 0.25) is 0 Å². The van der Waals surface area contributed by atoms with Gasteiger partial charge in [0.05, 0.1) is 16.5 Å². The predicted molar refractivity (Wildman–Crippen MR) is 227 cm³/mol. The molecule has 0 aliphatic carbocycles. The minimum atomic E-state index is -0.281. The Morgan fingerprint density at radius 1 is 0.364 bits per heavy atom. The molecule has 8 aromatic carbocycles. The van der Waals surface area contributed by atoms with Crippen LogP contribution < -0.4 is 0 Å². The molecular weight excluding hydrogens is 669 g/mol. The van der Waals surface area contributed by atoms with E-state index in [1.54, 1.807) is 0 Å². The van der Waals surface area contributed by atoms with Crippen LogP contribution in [0.15, 0.2) is 206 Å². The van der Waals surface area contributed by atoms with Crippen LogP contribution in [0.2, 0.25) is 0 Å². The van der Waals surface area contributed by atoms with Gasteiger partial charge in [-0.3, -0.25) is 0 Å². The summed E-state index contributed by atoms with van der Waals surface area (Å²) in [7, 11) is 0. The number of nitrogens with zero attached hydrogens (tertiary/aromatic N) is 4. The van der Waals surface area contributed by atoms with Gasteiger partial charge in [0.15, 0.2) is 17.5 Å². The van der Waals surface area contributed by atoms with Crippen LogP contribution in [0, 0.1) is 0 Å². The van der Waals surface area contributed by atoms with Crippen molar-refractivity contribution in [3.05, 3.63) is 206 Å². The Kier molecular flexibility index (Phi) is 7.08. The zero-order valence-corrected chi connectivity index (χ0v) is 29.6. The van der Waals surface area contributed by atoms with Crippen LogP contribution in [0.4, 0.5) is 0 Å². The highest BCUT2D eigenvalue weighted by Crippen LogP contribution is 2.42. The first-order chi connectivity index (χ1) is 28.9. The zero-order valence-electron chi connectivity index (χ0n) is 33.6. The lowest BCUT2D eigenvalue weighted by molar-refractivity contribution is 1.07.